The van der Waals surface area contributed by atoms with Gasteiger partial charge in [0.05, 0.1) is 5.69 Å². The molecular weight excluding hydrogens is 224 g/mol. The van der Waals surface area contributed by atoms with E-state index in [-0.39, 0.29) is 0 Å². The summed E-state index contributed by atoms with van der Waals surface area (Å²) in [5.41, 5.74) is 8.03. The van der Waals surface area contributed by atoms with Crippen molar-refractivity contribution in [2.24, 2.45) is 5.73 Å². The lowest BCUT2D eigenvalue weighted by Crippen LogP contribution is -2.28. The zero-order chi connectivity index (χ0) is 12.5. The van der Waals surface area contributed by atoms with Gasteiger partial charge in [-0.3, -0.25) is 0 Å². The number of pyridine rings is 1. The molecule has 2 aromatic rings. The van der Waals surface area contributed by atoms with Crippen molar-refractivity contribution < 1.29 is 0 Å². The van der Waals surface area contributed by atoms with Gasteiger partial charge < -0.3 is 15.0 Å². The van der Waals surface area contributed by atoms with Gasteiger partial charge in [-0.1, -0.05) is 6.07 Å². The quantitative estimate of drug-likeness (QED) is 0.896. The Balaban J connectivity index is 2.12. The molecule has 4 heteroatoms. The molecule has 3 rings (SSSR count). The van der Waals surface area contributed by atoms with Crippen LogP contribution in [0.2, 0.25) is 0 Å². The molecule has 0 saturated carbocycles. The fourth-order valence-corrected chi connectivity index (χ4v) is 2.88. The second kappa shape index (κ2) is 4.61. The summed E-state index contributed by atoms with van der Waals surface area (Å²) in [7, 11) is 0. The Morgan fingerprint density at radius 2 is 2.33 bits per heavy atom. The first kappa shape index (κ1) is 11.5. The minimum Gasteiger partial charge on any atom is -0.352 e. The number of hydrogen-bond donors (Lipinski definition) is 1. The van der Waals surface area contributed by atoms with E-state index in [1.807, 2.05) is 12.1 Å². The molecule has 1 saturated heterocycles. The van der Waals surface area contributed by atoms with E-state index < -0.39 is 0 Å². The Morgan fingerprint density at radius 3 is 3.06 bits per heavy atom. The molecule has 4 nitrogen and oxygen atoms in total. The molecule has 0 bridgehead atoms. The van der Waals surface area contributed by atoms with Gasteiger partial charge in [0, 0.05) is 25.2 Å². The highest BCUT2D eigenvalue weighted by atomic mass is 15.3. The Kier molecular flexibility index (Phi) is 2.96. The van der Waals surface area contributed by atoms with Crippen molar-refractivity contribution in [2.75, 3.05) is 18.0 Å². The molecule has 0 spiro atoms. The van der Waals surface area contributed by atoms with E-state index in [4.69, 9.17) is 10.7 Å². The van der Waals surface area contributed by atoms with Gasteiger partial charge in [0.1, 0.15) is 5.65 Å². The highest BCUT2D eigenvalue weighted by Gasteiger charge is 2.25. The molecule has 0 amide bonds. The zero-order valence-corrected chi connectivity index (χ0v) is 10.8. The fourth-order valence-electron chi connectivity index (χ4n) is 2.88. The lowest BCUT2D eigenvalue weighted by Gasteiger charge is -2.22. The summed E-state index contributed by atoms with van der Waals surface area (Å²) >= 11 is 0. The maximum absolute atomic E-state index is 5.75. The first-order valence-electron chi connectivity index (χ1n) is 6.74. The highest BCUT2D eigenvalue weighted by molar-refractivity contribution is 5.57. The van der Waals surface area contributed by atoms with Crippen LogP contribution in [0.1, 0.15) is 25.5 Å². The first-order valence-corrected chi connectivity index (χ1v) is 6.74. The third-order valence-electron chi connectivity index (χ3n) is 3.81. The molecule has 18 heavy (non-hydrogen) atoms. The monoisotopic (exact) mass is 244 g/mol. The Hall–Kier alpha value is -1.55. The lowest BCUT2D eigenvalue weighted by atomic mass is 10.2. The molecule has 2 aromatic heterocycles. The second-order valence-electron chi connectivity index (χ2n) is 5.03. The second-order valence-corrected chi connectivity index (χ2v) is 5.03. The van der Waals surface area contributed by atoms with Crippen molar-refractivity contribution in [3.8, 4) is 0 Å². The van der Waals surface area contributed by atoms with Gasteiger partial charge in [0.25, 0.3) is 0 Å². The molecular formula is C14H20N4. The van der Waals surface area contributed by atoms with Gasteiger partial charge in [0.15, 0.2) is 5.82 Å². The molecule has 1 unspecified atom stereocenters. The van der Waals surface area contributed by atoms with Crippen LogP contribution < -0.4 is 10.6 Å². The van der Waals surface area contributed by atoms with E-state index in [9.17, 15) is 0 Å². The Bertz CT molecular complexity index is 546. The summed E-state index contributed by atoms with van der Waals surface area (Å²) in [6.07, 6.45) is 5.48. The first-order chi connectivity index (χ1) is 8.81. The summed E-state index contributed by atoms with van der Waals surface area (Å²) in [6, 6.07) is 6.73. The third-order valence-corrected chi connectivity index (χ3v) is 3.81. The summed E-state index contributed by atoms with van der Waals surface area (Å²) in [4.78, 5) is 7.23. The van der Waals surface area contributed by atoms with Crippen molar-refractivity contribution in [3.05, 3.63) is 30.1 Å². The summed E-state index contributed by atoms with van der Waals surface area (Å²) in [6.45, 7) is 4.06. The molecule has 3 heterocycles. The number of nitrogens with zero attached hydrogens (tertiary/aromatic N) is 3. The van der Waals surface area contributed by atoms with E-state index in [2.05, 4.69) is 28.5 Å². The Morgan fingerprint density at radius 1 is 1.44 bits per heavy atom. The number of nitrogens with two attached hydrogens (primary N) is 1. The predicted octanol–water partition coefficient (Wildman–Crippen LogP) is 1.82. The molecule has 1 atom stereocenters. The Labute approximate surface area is 107 Å². The minimum absolute atomic E-state index is 0.589. The van der Waals surface area contributed by atoms with Crippen LogP contribution in [-0.4, -0.2) is 28.5 Å². The number of anilines is 1. The molecule has 1 fully saturated rings. The van der Waals surface area contributed by atoms with E-state index in [1.54, 1.807) is 0 Å². The van der Waals surface area contributed by atoms with Crippen molar-refractivity contribution in [1.82, 2.24) is 9.38 Å². The fraction of sp³-hybridized carbons (Fsp3) is 0.500. The van der Waals surface area contributed by atoms with E-state index >= 15 is 0 Å². The minimum atomic E-state index is 0.589. The van der Waals surface area contributed by atoms with Crippen LogP contribution in [0.15, 0.2) is 24.4 Å². The van der Waals surface area contributed by atoms with Crippen molar-refractivity contribution in [1.29, 1.82) is 0 Å². The predicted molar refractivity (Wildman–Crippen MR) is 74.0 cm³/mol. The maximum Gasteiger partial charge on any atom is 0.151 e. The van der Waals surface area contributed by atoms with Crippen LogP contribution in [0.5, 0.6) is 0 Å². The van der Waals surface area contributed by atoms with Crippen molar-refractivity contribution in [2.45, 2.75) is 32.2 Å². The smallest absolute Gasteiger partial charge is 0.151 e. The van der Waals surface area contributed by atoms with E-state index in [0.29, 0.717) is 12.6 Å². The molecule has 96 valence electrons. The number of hydrogen-bond acceptors (Lipinski definition) is 3. The summed E-state index contributed by atoms with van der Waals surface area (Å²) < 4.78 is 2.17. The average Bonchev–Trinajstić information content (AvgIpc) is 2.94. The maximum atomic E-state index is 5.75. The van der Waals surface area contributed by atoms with Crippen LogP contribution in [0, 0.1) is 0 Å². The van der Waals surface area contributed by atoms with Gasteiger partial charge in [-0.05, 0) is 38.4 Å². The van der Waals surface area contributed by atoms with Gasteiger partial charge in [0.2, 0.25) is 0 Å². The normalized spacial score (nSPS) is 19.9. The van der Waals surface area contributed by atoms with Crippen LogP contribution in [0.3, 0.4) is 0 Å². The zero-order valence-electron chi connectivity index (χ0n) is 10.8. The molecule has 0 aromatic carbocycles. The molecule has 1 aliphatic rings. The topological polar surface area (TPSA) is 46.6 Å². The van der Waals surface area contributed by atoms with E-state index in [1.165, 1.54) is 18.5 Å². The van der Waals surface area contributed by atoms with E-state index in [0.717, 1.165) is 24.4 Å². The SMILES string of the molecule is CC1CCCN1c1nc2ccccn2c1CCN. The van der Waals surface area contributed by atoms with Gasteiger partial charge >= 0.3 is 0 Å². The number of fused-ring (bicyclic) bond motifs is 1. The number of aromatic nitrogens is 2. The summed E-state index contributed by atoms with van der Waals surface area (Å²) in [5, 5.41) is 0. The van der Waals surface area contributed by atoms with Crippen LogP contribution in [0.25, 0.3) is 5.65 Å². The standard InChI is InChI=1S/C14H20N4/c1-11-5-4-10-17(11)14-12(7-8-15)18-9-3-2-6-13(18)16-14/h2-3,6,9,11H,4-5,7-8,10,15H2,1H3. The van der Waals surface area contributed by atoms with Crippen LogP contribution in [0.4, 0.5) is 5.82 Å². The van der Waals surface area contributed by atoms with Crippen molar-refractivity contribution in [3.63, 3.8) is 0 Å². The number of rotatable bonds is 3. The van der Waals surface area contributed by atoms with Crippen LogP contribution in [-0.2, 0) is 6.42 Å². The molecule has 0 aliphatic carbocycles. The highest BCUT2D eigenvalue weighted by Crippen LogP contribution is 2.28. The van der Waals surface area contributed by atoms with Gasteiger partial charge in [-0.15, -0.1) is 0 Å². The molecule has 0 radical (unpaired) electrons. The average molecular weight is 244 g/mol. The van der Waals surface area contributed by atoms with Crippen molar-refractivity contribution >= 4 is 11.5 Å². The van der Waals surface area contributed by atoms with Crippen LogP contribution >= 0.6 is 0 Å². The van der Waals surface area contributed by atoms with Gasteiger partial charge in [-0.25, -0.2) is 4.98 Å². The largest absolute Gasteiger partial charge is 0.352 e. The number of imidazole rings is 1. The lowest BCUT2D eigenvalue weighted by molar-refractivity contribution is 0.723. The molecule has 1 aliphatic heterocycles. The third kappa shape index (κ3) is 1.77. The summed E-state index contributed by atoms with van der Waals surface area (Å²) in [5.74, 6) is 1.14. The molecule has 2 N–H and O–H groups in total. The van der Waals surface area contributed by atoms with Gasteiger partial charge in [-0.2, -0.15) is 0 Å².